The molecule has 0 radical (unpaired) electrons. The fourth-order valence-corrected chi connectivity index (χ4v) is 4.14. The van der Waals surface area contributed by atoms with E-state index in [9.17, 15) is 14.7 Å². The number of carbonyl (C=O) groups is 2. The number of halogens is 1. The quantitative estimate of drug-likeness (QED) is 0.913. The molecular formula is C13H16BrNO3S. The molecule has 1 saturated carbocycles. The lowest BCUT2D eigenvalue weighted by molar-refractivity contribution is -0.151. The topological polar surface area (TPSA) is 57.6 Å². The standard InChI is InChI=1S/C13H16BrNO3S/c1-15(11(16)10-9(14)5-8-19-10)13(12(17)18)6-3-2-4-7-13/h5,8H,2-4,6-7H2,1H3,(H,17,18). The molecule has 1 N–H and O–H groups in total. The van der Waals surface area contributed by atoms with Crippen molar-refractivity contribution in [1.82, 2.24) is 4.90 Å². The molecule has 19 heavy (non-hydrogen) atoms. The third-order valence-electron chi connectivity index (χ3n) is 3.84. The Bertz CT molecular complexity index is 494. The fraction of sp³-hybridized carbons (Fsp3) is 0.538. The Labute approximate surface area is 124 Å². The van der Waals surface area contributed by atoms with Gasteiger partial charge in [-0.15, -0.1) is 11.3 Å². The zero-order valence-corrected chi connectivity index (χ0v) is 13.1. The van der Waals surface area contributed by atoms with Crippen LogP contribution < -0.4 is 0 Å². The number of nitrogens with zero attached hydrogens (tertiary/aromatic N) is 1. The van der Waals surface area contributed by atoms with Gasteiger partial charge in [-0.3, -0.25) is 4.79 Å². The van der Waals surface area contributed by atoms with Crippen LogP contribution in [-0.4, -0.2) is 34.5 Å². The normalized spacial score (nSPS) is 18.0. The monoisotopic (exact) mass is 345 g/mol. The van der Waals surface area contributed by atoms with Gasteiger partial charge in [-0.25, -0.2) is 4.79 Å². The lowest BCUT2D eigenvalue weighted by Gasteiger charge is -2.40. The largest absolute Gasteiger partial charge is 0.479 e. The van der Waals surface area contributed by atoms with Gasteiger partial charge in [0.25, 0.3) is 5.91 Å². The van der Waals surface area contributed by atoms with E-state index in [0.29, 0.717) is 17.7 Å². The van der Waals surface area contributed by atoms with Gasteiger partial charge in [-0.2, -0.15) is 0 Å². The molecule has 1 aromatic heterocycles. The Balaban J connectivity index is 2.30. The van der Waals surface area contributed by atoms with Crippen LogP contribution in [0.2, 0.25) is 0 Å². The molecule has 1 heterocycles. The number of carboxylic acid groups (broad SMARTS) is 1. The molecule has 0 atom stereocenters. The van der Waals surface area contributed by atoms with Crippen LogP contribution in [0.15, 0.2) is 15.9 Å². The minimum Gasteiger partial charge on any atom is -0.479 e. The summed E-state index contributed by atoms with van der Waals surface area (Å²) in [7, 11) is 1.61. The molecule has 0 unspecified atom stereocenters. The number of carbonyl (C=O) groups excluding carboxylic acids is 1. The summed E-state index contributed by atoms with van der Waals surface area (Å²) in [5.41, 5.74) is -1.04. The summed E-state index contributed by atoms with van der Waals surface area (Å²) in [6, 6.07) is 1.81. The van der Waals surface area contributed by atoms with E-state index in [-0.39, 0.29) is 5.91 Å². The predicted octanol–water partition coefficient (Wildman–Crippen LogP) is 3.37. The third-order valence-corrected chi connectivity index (χ3v) is 5.66. The zero-order chi connectivity index (χ0) is 14.0. The van der Waals surface area contributed by atoms with Crippen molar-refractivity contribution in [2.24, 2.45) is 0 Å². The third kappa shape index (κ3) is 2.56. The Hall–Kier alpha value is -0.880. The molecule has 1 amide bonds. The molecule has 2 rings (SSSR count). The van der Waals surface area contributed by atoms with Gasteiger partial charge in [0.05, 0.1) is 0 Å². The first-order valence-corrected chi connectivity index (χ1v) is 7.91. The second kappa shape index (κ2) is 5.63. The second-order valence-electron chi connectivity index (χ2n) is 4.86. The molecule has 0 saturated heterocycles. The van der Waals surface area contributed by atoms with Gasteiger partial charge in [-0.05, 0) is 40.2 Å². The maximum absolute atomic E-state index is 12.5. The Kier molecular flexibility index (Phi) is 4.30. The van der Waals surface area contributed by atoms with Crippen molar-refractivity contribution in [3.05, 3.63) is 20.8 Å². The first-order valence-electron chi connectivity index (χ1n) is 6.23. The highest BCUT2D eigenvalue weighted by molar-refractivity contribution is 9.10. The lowest BCUT2D eigenvalue weighted by Crippen LogP contribution is -2.56. The van der Waals surface area contributed by atoms with Crippen LogP contribution in [0.25, 0.3) is 0 Å². The molecule has 104 valence electrons. The van der Waals surface area contributed by atoms with E-state index in [4.69, 9.17) is 0 Å². The van der Waals surface area contributed by atoms with Crippen molar-refractivity contribution in [3.8, 4) is 0 Å². The SMILES string of the molecule is CN(C(=O)c1sccc1Br)C1(C(=O)O)CCCCC1. The van der Waals surface area contributed by atoms with Crippen LogP contribution in [0.1, 0.15) is 41.8 Å². The Morgan fingerprint density at radius 1 is 1.37 bits per heavy atom. The van der Waals surface area contributed by atoms with E-state index in [1.165, 1.54) is 16.2 Å². The summed E-state index contributed by atoms with van der Waals surface area (Å²) in [6.07, 6.45) is 3.83. The van der Waals surface area contributed by atoms with Crippen molar-refractivity contribution < 1.29 is 14.7 Å². The molecular weight excluding hydrogens is 330 g/mol. The number of amides is 1. The number of hydrogen-bond acceptors (Lipinski definition) is 3. The van der Waals surface area contributed by atoms with Crippen LogP contribution >= 0.6 is 27.3 Å². The molecule has 1 aliphatic rings. The van der Waals surface area contributed by atoms with Crippen molar-refractivity contribution in [1.29, 1.82) is 0 Å². The Morgan fingerprint density at radius 2 is 2.00 bits per heavy atom. The number of hydrogen-bond donors (Lipinski definition) is 1. The minimum atomic E-state index is -1.04. The summed E-state index contributed by atoms with van der Waals surface area (Å²) in [6.45, 7) is 0. The van der Waals surface area contributed by atoms with Crippen LogP contribution in [0.5, 0.6) is 0 Å². The summed E-state index contributed by atoms with van der Waals surface area (Å²) >= 11 is 4.66. The highest BCUT2D eigenvalue weighted by Crippen LogP contribution is 2.35. The van der Waals surface area contributed by atoms with Crippen molar-refractivity contribution in [2.45, 2.75) is 37.6 Å². The second-order valence-corrected chi connectivity index (χ2v) is 6.63. The van der Waals surface area contributed by atoms with Crippen LogP contribution in [0, 0.1) is 0 Å². The van der Waals surface area contributed by atoms with E-state index in [1.807, 2.05) is 5.38 Å². The molecule has 0 spiro atoms. The maximum Gasteiger partial charge on any atom is 0.329 e. The molecule has 1 aliphatic carbocycles. The van der Waals surface area contributed by atoms with Crippen molar-refractivity contribution >= 4 is 39.1 Å². The molecule has 1 aromatic rings. The summed E-state index contributed by atoms with van der Waals surface area (Å²) in [4.78, 5) is 26.1. The highest BCUT2D eigenvalue weighted by atomic mass is 79.9. The predicted molar refractivity (Wildman–Crippen MR) is 77.6 cm³/mol. The Morgan fingerprint density at radius 3 is 2.47 bits per heavy atom. The van der Waals surface area contributed by atoms with E-state index in [0.717, 1.165) is 23.7 Å². The average Bonchev–Trinajstić information content (AvgIpc) is 2.84. The van der Waals surface area contributed by atoms with Crippen molar-refractivity contribution in [3.63, 3.8) is 0 Å². The molecule has 4 nitrogen and oxygen atoms in total. The molecule has 0 bridgehead atoms. The van der Waals surface area contributed by atoms with Crippen LogP contribution in [0.3, 0.4) is 0 Å². The van der Waals surface area contributed by atoms with Gasteiger partial charge in [0.15, 0.2) is 0 Å². The van der Waals surface area contributed by atoms with Crippen LogP contribution in [0.4, 0.5) is 0 Å². The van der Waals surface area contributed by atoms with Crippen molar-refractivity contribution in [2.75, 3.05) is 7.05 Å². The zero-order valence-electron chi connectivity index (χ0n) is 10.7. The van der Waals surface area contributed by atoms with Gasteiger partial charge in [0.1, 0.15) is 10.4 Å². The van der Waals surface area contributed by atoms with Gasteiger partial charge < -0.3 is 10.0 Å². The molecule has 6 heteroatoms. The van der Waals surface area contributed by atoms with E-state index < -0.39 is 11.5 Å². The highest BCUT2D eigenvalue weighted by Gasteiger charge is 2.46. The van der Waals surface area contributed by atoms with E-state index >= 15 is 0 Å². The number of rotatable bonds is 3. The van der Waals surface area contributed by atoms with Gasteiger partial charge in [0, 0.05) is 11.5 Å². The number of carboxylic acids is 1. The first kappa shape index (κ1) is 14.5. The number of aliphatic carboxylic acids is 1. The molecule has 0 aromatic carbocycles. The number of thiophene rings is 1. The smallest absolute Gasteiger partial charge is 0.329 e. The summed E-state index contributed by atoms with van der Waals surface area (Å²) in [5, 5.41) is 11.4. The summed E-state index contributed by atoms with van der Waals surface area (Å²) < 4.78 is 0.727. The molecule has 0 aliphatic heterocycles. The lowest BCUT2D eigenvalue weighted by atomic mass is 9.80. The minimum absolute atomic E-state index is 0.217. The van der Waals surface area contributed by atoms with Gasteiger partial charge >= 0.3 is 5.97 Å². The van der Waals surface area contributed by atoms with Gasteiger partial charge in [0.2, 0.25) is 0 Å². The average molecular weight is 346 g/mol. The number of likely N-dealkylation sites (N-methyl/N-ethyl adjacent to an activating group) is 1. The van der Waals surface area contributed by atoms with Gasteiger partial charge in [-0.1, -0.05) is 19.3 Å². The van der Waals surface area contributed by atoms with E-state index in [2.05, 4.69) is 15.9 Å². The summed E-state index contributed by atoms with van der Waals surface area (Å²) in [5.74, 6) is -1.11. The molecule has 1 fully saturated rings. The van der Waals surface area contributed by atoms with E-state index in [1.54, 1.807) is 13.1 Å². The first-order chi connectivity index (χ1) is 8.99. The van der Waals surface area contributed by atoms with Crippen LogP contribution in [-0.2, 0) is 4.79 Å². The maximum atomic E-state index is 12.5. The fourth-order valence-electron chi connectivity index (χ4n) is 2.62.